The Labute approximate surface area is 185 Å². The van der Waals surface area contributed by atoms with Crippen molar-refractivity contribution in [3.63, 3.8) is 0 Å². The predicted octanol–water partition coefficient (Wildman–Crippen LogP) is 4.87. The molecule has 0 aliphatic carbocycles. The number of hydrogen-bond donors (Lipinski definition) is 2. The number of anilines is 2. The van der Waals surface area contributed by atoms with Crippen LogP contribution >= 0.6 is 0 Å². The summed E-state index contributed by atoms with van der Waals surface area (Å²) in [7, 11) is 1.35. The molecule has 0 radical (unpaired) electrons. The monoisotopic (exact) mass is 479 g/mol. The Morgan fingerprint density at radius 1 is 1.09 bits per heavy atom. The summed E-state index contributed by atoms with van der Waals surface area (Å²) in [4.78, 5) is 5.79. The number of alkyl halides is 6. The Morgan fingerprint density at radius 2 is 1.82 bits per heavy atom. The molecule has 2 aliphatic rings. The van der Waals surface area contributed by atoms with Gasteiger partial charge in [-0.25, -0.2) is 4.98 Å². The summed E-state index contributed by atoms with van der Waals surface area (Å²) in [6, 6.07) is 0.619. The van der Waals surface area contributed by atoms with Gasteiger partial charge in [0.1, 0.15) is 11.4 Å². The van der Waals surface area contributed by atoms with E-state index in [4.69, 9.17) is 4.42 Å². The van der Waals surface area contributed by atoms with Crippen LogP contribution in [0.15, 0.2) is 10.5 Å². The lowest BCUT2D eigenvalue weighted by atomic mass is 9.94. The molecule has 1 saturated heterocycles. The molecular weight excluding hydrogens is 456 g/mol. The second-order valence-electron chi connectivity index (χ2n) is 8.36. The number of aliphatic hydroxyl groups is 1. The van der Waals surface area contributed by atoms with Gasteiger partial charge in [-0.3, -0.25) is 0 Å². The Hall–Kier alpha value is -2.57. The highest BCUT2D eigenvalue weighted by Crippen LogP contribution is 2.45. The van der Waals surface area contributed by atoms with E-state index < -0.39 is 41.7 Å². The van der Waals surface area contributed by atoms with Crippen LogP contribution in [-0.4, -0.2) is 46.1 Å². The number of aromatic nitrogens is 3. The first-order valence-electron chi connectivity index (χ1n) is 10.7. The van der Waals surface area contributed by atoms with E-state index in [1.54, 1.807) is 4.90 Å². The van der Waals surface area contributed by atoms with Crippen LogP contribution in [0, 0.1) is 0 Å². The first kappa shape index (κ1) is 23.6. The van der Waals surface area contributed by atoms with Gasteiger partial charge in [0.2, 0.25) is 5.60 Å². The van der Waals surface area contributed by atoms with Gasteiger partial charge in [0.15, 0.2) is 5.69 Å². The van der Waals surface area contributed by atoms with Crippen LogP contribution in [-0.2, 0) is 11.8 Å². The fraction of sp³-hybridized carbons (Fsp3) is 0.650. The van der Waals surface area contributed by atoms with E-state index in [0.29, 0.717) is 38.6 Å². The maximum atomic E-state index is 13.9. The highest BCUT2D eigenvalue weighted by Gasteiger charge is 2.58. The van der Waals surface area contributed by atoms with Crippen LogP contribution in [0.1, 0.15) is 56.4 Å². The summed E-state index contributed by atoms with van der Waals surface area (Å²) >= 11 is 0. The van der Waals surface area contributed by atoms with Crippen molar-refractivity contribution in [2.24, 2.45) is 0 Å². The van der Waals surface area contributed by atoms with Crippen molar-refractivity contribution >= 4 is 11.5 Å². The molecule has 2 aliphatic heterocycles. The van der Waals surface area contributed by atoms with Crippen LogP contribution in [0.2, 0.25) is 0 Å². The van der Waals surface area contributed by atoms with Crippen LogP contribution in [0.4, 0.5) is 37.8 Å². The van der Waals surface area contributed by atoms with Crippen molar-refractivity contribution in [2.75, 3.05) is 23.8 Å². The minimum absolute atomic E-state index is 0.0273. The Balaban J connectivity index is 1.92. The third kappa shape index (κ3) is 4.22. The van der Waals surface area contributed by atoms with Crippen molar-refractivity contribution < 1.29 is 35.9 Å². The van der Waals surface area contributed by atoms with E-state index in [1.807, 2.05) is 0 Å². The molecule has 0 amide bonds. The predicted molar refractivity (Wildman–Crippen MR) is 105 cm³/mol. The van der Waals surface area contributed by atoms with E-state index in [-0.39, 0.29) is 29.7 Å². The molecule has 7 nitrogen and oxygen atoms in total. The highest BCUT2D eigenvalue weighted by molar-refractivity contribution is 5.73. The molecule has 1 fully saturated rings. The second kappa shape index (κ2) is 8.33. The summed E-state index contributed by atoms with van der Waals surface area (Å²) < 4.78 is 88.2. The molecular formula is C20H23F6N5O2. The van der Waals surface area contributed by atoms with Crippen LogP contribution < -0.4 is 10.2 Å². The Kier molecular flexibility index (Phi) is 5.95. The lowest BCUT2D eigenvalue weighted by molar-refractivity contribution is -0.277. The SMILES string of the molecule is CNc1cc(C(F)(F)F)c2nc1-c1nnc(o1)[C@@](O)(C(F)(F)F)CCCCC[C@@H]1CCCN21. The molecule has 33 heavy (non-hydrogen) atoms. The molecule has 2 N–H and O–H groups in total. The van der Waals surface area contributed by atoms with E-state index in [0.717, 1.165) is 6.07 Å². The average Bonchev–Trinajstić information content (AvgIpc) is 3.40. The Bertz CT molecular complexity index is 1010. The summed E-state index contributed by atoms with van der Waals surface area (Å²) in [6.07, 6.45) is -7.76. The standard InChI is InChI=1S/C20H23F6N5O2/c1-27-13-10-12(19(21,22)23)15-28-14(13)16-29-30-17(33-16)18(32,20(24,25)26)8-4-2-3-6-11-7-5-9-31(11)15/h10-11,27,32H,2-9H2,1H3/t11-,18-/m1/s1. The first-order valence-corrected chi connectivity index (χ1v) is 10.7. The highest BCUT2D eigenvalue weighted by atomic mass is 19.4. The van der Waals surface area contributed by atoms with Gasteiger partial charge in [-0.15, -0.1) is 10.2 Å². The van der Waals surface area contributed by atoms with Crippen LogP contribution in [0.5, 0.6) is 0 Å². The molecule has 2 atom stereocenters. The minimum Gasteiger partial charge on any atom is -0.416 e. The molecule has 182 valence electrons. The molecule has 0 aromatic carbocycles. The molecule has 0 unspecified atom stereocenters. The number of hydrogen-bond acceptors (Lipinski definition) is 7. The van der Waals surface area contributed by atoms with Gasteiger partial charge >= 0.3 is 12.4 Å². The third-order valence-corrected chi connectivity index (χ3v) is 6.25. The quantitative estimate of drug-likeness (QED) is 0.564. The number of rotatable bonds is 1. The van der Waals surface area contributed by atoms with Gasteiger partial charge in [-0.1, -0.05) is 12.8 Å². The van der Waals surface area contributed by atoms with E-state index in [1.165, 1.54) is 7.05 Å². The number of pyridine rings is 1. The van der Waals surface area contributed by atoms with E-state index in [2.05, 4.69) is 20.5 Å². The summed E-state index contributed by atoms with van der Waals surface area (Å²) in [5, 5.41) is 20.0. The molecule has 4 bridgehead atoms. The minimum atomic E-state index is -5.08. The van der Waals surface area contributed by atoms with E-state index >= 15 is 0 Å². The fourth-order valence-electron chi connectivity index (χ4n) is 4.49. The fourth-order valence-corrected chi connectivity index (χ4v) is 4.49. The largest absolute Gasteiger partial charge is 0.426 e. The topological polar surface area (TPSA) is 87.3 Å². The maximum absolute atomic E-state index is 13.9. The van der Waals surface area contributed by atoms with Gasteiger partial charge in [0.25, 0.3) is 11.8 Å². The average molecular weight is 479 g/mol. The van der Waals surface area contributed by atoms with Crippen molar-refractivity contribution in [1.82, 2.24) is 15.2 Å². The van der Waals surface area contributed by atoms with E-state index in [9.17, 15) is 31.4 Å². The van der Waals surface area contributed by atoms with Gasteiger partial charge in [0, 0.05) is 19.6 Å². The lowest BCUT2D eigenvalue weighted by Gasteiger charge is -2.30. The number of fused-ring (bicyclic) bond motifs is 7. The zero-order chi connectivity index (χ0) is 24.0. The summed E-state index contributed by atoms with van der Waals surface area (Å²) in [6.45, 7) is 0.377. The molecule has 4 heterocycles. The zero-order valence-electron chi connectivity index (χ0n) is 17.7. The van der Waals surface area contributed by atoms with Crippen LogP contribution in [0.3, 0.4) is 0 Å². The third-order valence-electron chi connectivity index (χ3n) is 6.25. The molecule has 0 saturated carbocycles. The Morgan fingerprint density at radius 3 is 2.48 bits per heavy atom. The van der Waals surface area contributed by atoms with Gasteiger partial charge in [-0.05, 0) is 38.2 Å². The normalized spacial score (nSPS) is 24.4. The smallest absolute Gasteiger partial charge is 0.416 e. The summed E-state index contributed by atoms with van der Waals surface area (Å²) in [5.41, 5.74) is -4.68. The number of nitrogens with one attached hydrogen (secondary N) is 1. The zero-order valence-corrected chi connectivity index (χ0v) is 17.7. The van der Waals surface area contributed by atoms with Crippen molar-refractivity contribution in [3.05, 3.63) is 17.5 Å². The van der Waals surface area contributed by atoms with Crippen molar-refractivity contribution in [2.45, 2.75) is 68.9 Å². The van der Waals surface area contributed by atoms with Crippen molar-refractivity contribution in [1.29, 1.82) is 0 Å². The first-order chi connectivity index (χ1) is 15.5. The second-order valence-corrected chi connectivity index (χ2v) is 8.36. The number of nitrogens with zero attached hydrogens (tertiary/aromatic N) is 4. The van der Waals surface area contributed by atoms with Crippen LogP contribution in [0.25, 0.3) is 11.6 Å². The molecule has 2 aromatic heterocycles. The van der Waals surface area contributed by atoms with Gasteiger partial charge in [0.05, 0.1) is 5.69 Å². The van der Waals surface area contributed by atoms with Gasteiger partial charge in [-0.2, -0.15) is 26.3 Å². The number of halogens is 6. The molecule has 2 aromatic rings. The van der Waals surface area contributed by atoms with Gasteiger partial charge < -0.3 is 19.7 Å². The van der Waals surface area contributed by atoms with Crippen molar-refractivity contribution in [3.8, 4) is 11.6 Å². The lowest BCUT2D eigenvalue weighted by Crippen LogP contribution is -2.42. The molecule has 13 heteroatoms. The molecule has 4 rings (SSSR count). The maximum Gasteiger partial charge on any atom is 0.426 e. The summed E-state index contributed by atoms with van der Waals surface area (Å²) in [5.74, 6) is -1.90. The molecule has 0 spiro atoms.